The number of benzene rings is 1. The van der Waals surface area contributed by atoms with E-state index in [2.05, 4.69) is 41.6 Å². The lowest BCUT2D eigenvalue weighted by Gasteiger charge is -2.13. The van der Waals surface area contributed by atoms with Gasteiger partial charge in [-0.05, 0) is 18.1 Å². The number of para-hydroxylation sites is 2. The zero-order chi connectivity index (χ0) is 12.3. The normalized spacial score (nSPS) is 12.4. The maximum absolute atomic E-state index is 5.23. The van der Waals surface area contributed by atoms with Gasteiger partial charge in [0.05, 0.1) is 11.0 Å². The van der Waals surface area contributed by atoms with E-state index in [-0.39, 0.29) is 12.4 Å². The number of ether oxygens (including phenoxy) is 1. The molecular weight excluding hydrogens is 248 g/mol. The van der Waals surface area contributed by atoms with Crippen LogP contribution in [-0.2, 0) is 17.9 Å². The predicted octanol–water partition coefficient (Wildman–Crippen LogP) is 3.65. The van der Waals surface area contributed by atoms with Crippen molar-refractivity contribution in [2.45, 2.75) is 33.4 Å². The summed E-state index contributed by atoms with van der Waals surface area (Å²) in [6.07, 6.45) is 1.18. The molecule has 0 saturated carbocycles. The Hall–Kier alpha value is -1.06. The molecule has 3 nitrogen and oxygen atoms in total. The third kappa shape index (κ3) is 3.03. The fourth-order valence-electron chi connectivity index (χ4n) is 2.01. The average Bonchev–Trinajstić information content (AvgIpc) is 2.68. The van der Waals surface area contributed by atoms with Gasteiger partial charge in [-0.25, -0.2) is 4.98 Å². The van der Waals surface area contributed by atoms with Crippen molar-refractivity contribution in [1.29, 1.82) is 0 Å². The lowest BCUT2D eigenvalue weighted by atomic mass is 10.1. The summed E-state index contributed by atoms with van der Waals surface area (Å²) in [5, 5.41) is 0. The van der Waals surface area contributed by atoms with Crippen LogP contribution in [0.1, 0.15) is 26.1 Å². The third-order valence-electron chi connectivity index (χ3n) is 3.20. The van der Waals surface area contributed by atoms with E-state index >= 15 is 0 Å². The van der Waals surface area contributed by atoms with Gasteiger partial charge in [0.15, 0.2) is 0 Å². The van der Waals surface area contributed by atoms with Crippen molar-refractivity contribution in [1.82, 2.24) is 9.55 Å². The number of nitrogens with zero attached hydrogens (tertiary/aromatic N) is 2. The molecule has 0 aliphatic carbocycles. The lowest BCUT2D eigenvalue weighted by molar-refractivity contribution is 0.173. The number of fused-ring (bicyclic) bond motifs is 1. The summed E-state index contributed by atoms with van der Waals surface area (Å²) in [6, 6.07) is 8.28. The van der Waals surface area contributed by atoms with Crippen molar-refractivity contribution in [2.24, 2.45) is 5.92 Å². The number of methoxy groups -OCH3 is 1. The molecule has 0 spiro atoms. The number of hydrogen-bond acceptors (Lipinski definition) is 2. The number of hydrogen-bond donors (Lipinski definition) is 0. The summed E-state index contributed by atoms with van der Waals surface area (Å²) in [6.45, 7) is 6.08. The van der Waals surface area contributed by atoms with E-state index in [1.54, 1.807) is 7.11 Å². The summed E-state index contributed by atoms with van der Waals surface area (Å²) in [4.78, 5) is 4.63. The van der Waals surface area contributed by atoms with E-state index in [0.717, 1.165) is 17.9 Å². The first-order valence-electron chi connectivity index (χ1n) is 6.19. The maximum Gasteiger partial charge on any atom is 0.135 e. The molecule has 0 aliphatic rings. The first kappa shape index (κ1) is 15.0. The molecule has 0 aliphatic heterocycles. The van der Waals surface area contributed by atoms with E-state index in [1.165, 1.54) is 11.9 Å². The Balaban J connectivity index is 0.00000162. The van der Waals surface area contributed by atoms with E-state index < -0.39 is 0 Å². The SMILES string of the molecule is CCC(C)Cn1c(COC)nc2ccccc21.Cl. The van der Waals surface area contributed by atoms with Gasteiger partial charge in [0.25, 0.3) is 0 Å². The van der Waals surface area contributed by atoms with Crippen LogP contribution >= 0.6 is 12.4 Å². The van der Waals surface area contributed by atoms with Gasteiger partial charge < -0.3 is 9.30 Å². The Morgan fingerprint density at radius 2 is 2.06 bits per heavy atom. The lowest BCUT2D eigenvalue weighted by Crippen LogP contribution is -2.10. The van der Waals surface area contributed by atoms with Gasteiger partial charge in [-0.15, -0.1) is 12.4 Å². The second-order valence-corrected chi connectivity index (χ2v) is 4.57. The Labute approximate surface area is 115 Å². The molecule has 0 radical (unpaired) electrons. The molecule has 1 heterocycles. The summed E-state index contributed by atoms with van der Waals surface area (Å²) < 4.78 is 7.51. The van der Waals surface area contributed by atoms with Gasteiger partial charge in [0.2, 0.25) is 0 Å². The Bertz CT molecular complexity index is 495. The van der Waals surface area contributed by atoms with Crippen molar-refractivity contribution in [2.75, 3.05) is 7.11 Å². The van der Waals surface area contributed by atoms with Crippen LogP contribution in [0.3, 0.4) is 0 Å². The molecule has 1 aromatic heterocycles. The molecule has 1 atom stereocenters. The zero-order valence-corrected chi connectivity index (χ0v) is 12.0. The molecule has 1 aromatic carbocycles. The van der Waals surface area contributed by atoms with Gasteiger partial charge in [0.1, 0.15) is 12.4 Å². The molecule has 1 unspecified atom stereocenters. The van der Waals surface area contributed by atoms with Crippen LogP contribution in [0, 0.1) is 5.92 Å². The predicted molar refractivity (Wildman–Crippen MR) is 77.1 cm³/mol. The minimum atomic E-state index is 0. The van der Waals surface area contributed by atoms with Gasteiger partial charge in [-0.2, -0.15) is 0 Å². The van der Waals surface area contributed by atoms with Crippen LogP contribution in [0.4, 0.5) is 0 Å². The van der Waals surface area contributed by atoms with Crippen molar-refractivity contribution >= 4 is 23.4 Å². The number of aromatic nitrogens is 2. The van der Waals surface area contributed by atoms with Crippen molar-refractivity contribution in [3.05, 3.63) is 30.1 Å². The van der Waals surface area contributed by atoms with E-state index in [0.29, 0.717) is 12.5 Å². The summed E-state index contributed by atoms with van der Waals surface area (Å²) in [5.41, 5.74) is 2.27. The highest BCUT2D eigenvalue weighted by Gasteiger charge is 2.11. The number of halogens is 1. The Morgan fingerprint density at radius 1 is 1.33 bits per heavy atom. The summed E-state index contributed by atoms with van der Waals surface area (Å²) >= 11 is 0. The van der Waals surface area contributed by atoms with Gasteiger partial charge in [-0.1, -0.05) is 32.4 Å². The summed E-state index contributed by atoms with van der Waals surface area (Å²) in [7, 11) is 1.72. The monoisotopic (exact) mass is 268 g/mol. The van der Waals surface area contributed by atoms with E-state index in [9.17, 15) is 0 Å². The second-order valence-electron chi connectivity index (χ2n) is 4.57. The topological polar surface area (TPSA) is 27.1 Å². The van der Waals surface area contributed by atoms with Gasteiger partial charge in [0, 0.05) is 13.7 Å². The molecular formula is C14H21ClN2O. The largest absolute Gasteiger partial charge is 0.377 e. The number of imidazole rings is 1. The quantitative estimate of drug-likeness (QED) is 0.828. The van der Waals surface area contributed by atoms with Gasteiger partial charge in [-0.3, -0.25) is 0 Å². The maximum atomic E-state index is 5.23. The van der Waals surface area contributed by atoms with Crippen LogP contribution in [0.15, 0.2) is 24.3 Å². The average molecular weight is 269 g/mol. The van der Waals surface area contributed by atoms with Crippen LogP contribution < -0.4 is 0 Å². The van der Waals surface area contributed by atoms with Crippen LogP contribution in [0.2, 0.25) is 0 Å². The molecule has 0 N–H and O–H groups in total. The highest BCUT2D eigenvalue weighted by molar-refractivity contribution is 5.85. The van der Waals surface area contributed by atoms with Crippen LogP contribution in [0.5, 0.6) is 0 Å². The minimum absolute atomic E-state index is 0. The van der Waals surface area contributed by atoms with Crippen molar-refractivity contribution in [3.8, 4) is 0 Å². The third-order valence-corrected chi connectivity index (χ3v) is 3.20. The fourth-order valence-corrected chi connectivity index (χ4v) is 2.01. The molecule has 2 rings (SSSR count). The number of rotatable bonds is 5. The highest BCUT2D eigenvalue weighted by Crippen LogP contribution is 2.19. The smallest absolute Gasteiger partial charge is 0.135 e. The van der Waals surface area contributed by atoms with Gasteiger partial charge >= 0.3 is 0 Å². The molecule has 0 fully saturated rings. The molecule has 18 heavy (non-hydrogen) atoms. The molecule has 0 amide bonds. The molecule has 100 valence electrons. The summed E-state index contributed by atoms with van der Waals surface area (Å²) in [5.74, 6) is 1.68. The first-order chi connectivity index (χ1) is 8.26. The van der Waals surface area contributed by atoms with E-state index in [4.69, 9.17) is 4.74 Å². The Morgan fingerprint density at radius 3 is 2.72 bits per heavy atom. The molecule has 2 aromatic rings. The molecule has 4 heteroatoms. The molecule has 0 bridgehead atoms. The Kier molecular flexibility index (Phi) is 5.63. The van der Waals surface area contributed by atoms with Crippen molar-refractivity contribution in [3.63, 3.8) is 0 Å². The van der Waals surface area contributed by atoms with Crippen molar-refractivity contribution < 1.29 is 4.74 Å². The first-order valence-corrected chi connectivity index (χ1v) is 6.19. The fraction of sp³-hybridized carbons (Fsp3) is 0.500. The minimum Gasteiger partial charge on any atom is -0.377 e. The standard InChI is InChI=1S/C14H20N2O.ClH/c1-4-11(2)9-16-13-8-6-5-7-12(13)15-14(16)10-17-3;/h5-8,11H,4,9-10H2,1-3H3;1H. The van der Waals surface area contributed by atoms with Crippen LogP contribution in [0.25, 0.3) is 11.0 Å². The van der Waals surface area contributed by atoms with Crippen LogP contribution in [-0.4, -0.2) is 16.7 Å². The zero-order valence-electron chi connectivity index (χ0n) is 11.2. The van der Waals surface area contributed by atoms with E-state index in [1.807, 2.05) is 6.07 Å². The molecule has 0 saturated heterocycles. The highest BCUT2D eigenvalue weighted by atomic mass is 35.5. The second kappa shape index (κ2) is 6.76.